The Bertz CT molecular complexity index is 543. The summed E-state index contributed by atoms with van der Waals surface area (Å²) in [5, 5.41) is 3.75. The standard InChI is InChI=1S/C13H19ClN2O2S.ClH/c1-10-12(14)3-2-4-13(10)19(17,18)16-8-6-11-5-7-15-9-11;/h2-4,11,15-16H,5-9H2,1H3;1H. The maximum atomic E-state index is 12.2. The van der Waals surface area contributed by atoms with E-state index in [4.69, 9.17) is 11.6 Å². The van der Waals surface area contributed by atoms with Crippen LogP contribution in [0, 0.1) is 12.8 Å². The summed E-state index contributed by atoms with van der Waals surface area (Å²) >= 11 is 5.96. The molecule has 0 radical (unpaired) electrons. The molecule has 1 fully saturated rings. The van der Waals surface area contributed by atoms with Crippen molar-refractivity contribution in [3.8, 4) is 0 Å². The summed E-state index contributed by atoms with van der Waals surface area (Å²) in [7, 11) is -3.46. The van der Waals surface area contributed by atoms with Crippen LogP contribution in [-0.2, 0) is 10.0 Å². The molecule has 0 spiro atoms. The number of rotatable bonds is 5. The second kappa shape index (κ2) is 7.61. The lowest BCUT2D eigenvalue weighted by molar-refractivity contribution is 0.519. The lowest BCUT2D eigenvalue weighted by atomic mass is 10.1. The zero-order chi connectivity index (χ0) is 13.9. The molecule has 0 amide bonds. The highest BCUT2D eigenvalue weighted by Crippen LogP contribution is 2.22. The lowest BCUT2D eigenvalue weighted by Gasteiger charge is -2.12. The fourth-order valence-electron chi connectivity index (χ4n) is 2.31. The van der Waals surface area contributed by atoms with Crippen LogP contribution in [0.3, 0.4) is 0 Å². The summed E-state index contributed by atoms with van der Waals surface area (Å²) in [6.45, 7) is 4.21. The van der Waals surface area contributed by atoms with E-state index in [0.29, 0.717) is 23.0 Å². The average Bonchev–Trinajstić information content (AvgIpc) is 2.85. The molecule has 1 aliphatic rings. The van der Waals surface area contributed by atoms with E-state index in [1.807, 2.05) is 0 Å². The third-order valence-electron chi connectivity index (χ3n) is 3.51. The molecule has 1 unspecified atom stereocenters. The van der Waals surface area contributed by atoms with Gasteiger partial charge in [-0.3, -0.25) is 0 Å². The molecule has 0 aromatic heterocycles. The average molecular weight is 339 g/mol. The molecule has 0 saturated carbocycles. The lowest BCUT2D eigenvalue weighted by Crippen LogP contribution is -2.27. The molecule has 1 heterocycles. The first-order valence-electron chi connectivity index (χ1n) is 6.46. The van der Waals surface area contributed by atoms with Crippen LogP contribution >= 0.6 is 24.0 Å². The molecule has 1 aromatic rings. The number of sulfonamides is 1. The summed E-state index contributed by atoms with van der Waals surface area (Å²) < 4.78 is 27.0. The molecule has 4 nitrogen and oxygen atoms in total. The van der Waals surface area contributed by atoms with Gasteiger partial charge in [0.25, 0.3) is 0 Å². The van der Waals surface area contributed by atoms with Crippen LogP contribution in [0.25, 0.3) is 0 Å². The molecule has 0 aliphatic carbocycles. The molecule has 7 heteroatoms. The zero-order valence-electron chi connectivity index (χ0n) is 11.4. The molecule has 1 atom stereocenters. The van der Waals surface area contributed by atoms with Crippen molar-refractivity contribution in [2.75, 3.05) is 19.6 Å². The fourth-order valence-corrected chi connectivity index (χ4v) is 3.86. The molecule has 2 rings (SSSR count). The van der Waals surface area contributed by atoms with Crippen molar-refractivity contribution in [3.63, 3.8) is 0 Å². The Morgan fingerprint density at radius 3 is 2.85 bits per heavy atom. The SMILES string of the molecule is Cc1c(Cl)cccc1S(=O)(=O)NCCC1CCNC1.Cl. The van der Waals surface area contributed by atoms with Gasteiger partial charge in [-0.15, -0.1) is 12.4 Å². The first-order chi connectivity index (χ1) is 9.00. The van der Waals surface area contributed by atoms with Crippen molar-refractivity contribution in [3.05, 3.63) is 28.8 Å². The van der Waals surface area contributed by atoms with Crippen molar-refractivity contribution in [1.29, 1.82) is 0 Å². The van der Waals surface area contributed by atoms with Crippen LogP contribution in [0.2, 0.25) is 5.02 Å². The predicted molar refractivity (Wildman–Crippen MR) is 84.2 cm³/mol. The van der Waals surface area contributed by atoms with Gasteiger partial charge in [0.05, 0.1) is 4.90 Å². The minimum absolute atomic E-state index is 0. The van der Waals surface area contributed by atoms with Crippen LogP contribution in [0.4, 0.5) is 0 Å². The molecular weight excluding hydrogens is 319 g/mol. The highest BCUT2D eigenvalue weighted by Gasteiger charge is 2.19. The van der Waals surface area contributed by atoms with Gasteiger partial charge in [-0.1, -0.05) is 17.7 Å². The number of hydrogen-bond acceptors (Lipinski definition) is 3. The van der Waals surface area contributed by atoms with E-state index >= 15 is 0 Å². The number of hydrogen-bond donors (Lipinski definition) is 2. The predicted octanol–water partition coefficient (Wildman–Crippen LogP) is 2.35. The molecule has 1 saturated heterocycles. The topological polar surface area (TPSA) is 58.2 Å². The normalized spacial score (nSPS) is 18.8. The summed E-state index contributed by atoms with van der Waals surface area (Å²) in [4.78, 5) is 0.268. The molecule has 1 aliphatic heterocycles. The monoisotopic (exact) mass is 338 g/mol. The Morgan fingerprint density at radius 1 is 1.45 bits per heavy atom. The van der Waals surface area contributed by atoms with Crippen molar-refractivity contribution >= 4 is 34.0 Å². The maximum absolute atomic E-state index is 12.2. The largest absolute Gasteiger partial charge is 0.316 e. The van der Waals surface area contributed by atoms with Gasteiger partial charge in [0, 0.05) is 11.6 Å². The van der Waals surface area contributed by atoms with E-state index < -0.39 is 10.0 Å². The molecule has 2 N–H and O–H groups in total. The van der Waals surface area contributed by atoms with Gasteiger partial charge < -0.3 is 5.32 Å². The Hall–Kier alpha value is -0.330. The van der Waals surface area contributed by atoms with E-state index in [-0.39, 0.29) is 17.3 Å². The second-order valence-corrected chi connectivity index (χ2v) is 7.05. The highest BCUT2D eigenvalue weighted by atomic mass is 35.5. The molecular formula is C13H20Cl2N2O2S. The van der Waals surface area contributed by atoms with E-state index in [1.165, 1.54) is 0 Å². The number of halogens is 2. The third kappa shape index (κ3) is 4.33. The van der Waals surface area contributed by atoms with Gasteiger partial charge in [0.2, 0.25) is 10.0 Å². The quantitative estimate of drug-likeness (QED) is 0.866. The first-order valence-corrected chi connectivity index (χ1v) is 8.32. The van der Waals surface area contributed by atoms with Crippen LogP contribution in [0.1, 0.15) is 18.4 Å². The molecule has 20 heavy (non-hydrogen) atoms. The Morgan fingerprint density at radius 2 is 2.20 bits per heavy atom. The minimum atomic E-state index is -3.46. The van der Waals surface area contributed by atoms with Crippen LogP contribution in [0.5, 0.6) is 0 Å². The van der Waals surface area contributed by atoms with Crippen molar-refractivity contribution in [2.45, 2.75) is 24.7 Å². The highest BCUT2D eigenvalue weighted by molar-refractivity contribution is 7.89. The van der Waals surface area contributed by atoms with E-state index in [2.05, 4.69) is 10.0 Å². The summed E-state index contributed by atoms with van der Waals surface area (Å²) in [6, 6.07) is 4.94. The number of nitrogens with one attached hydrogen (secondary N) is 2. The Kier molecular flexibility index (Phi) is 6.75. The van der Waals surface area contributed by atoms with E-state index in [1.54, 1.807) is 25.1 Å². The second-order valence-electron chi connectivity index (χ2n) is 4.91. The van der Waals surface area contributed by atoms with Gasteiger partial charge in [0.15, 0.2) is 0 Å². The molecule has 1 aromatic carbocycles. The van der Waals surface area contributed by atoms with Crippen molar-refractivity contribution < 1.29 is 8.42 Å². The number of benzene rings is 1. The van der Waals surface area contributed by atoms with Crippen LogP contribution in [-0.4, -0.2) is 28.1 Å². The van der Waals surface area contributed by atoms with Gasteiger partial charge >= 0.3 is 0 Å². The smallest absolute Gasteiger partial charge is 0.240 e. The van der Waals surface area contributed by atoms with Crippen molar-refractivity contribution in [1.82, 2.24) is 10.0 Å². The molecule has 0 bridgehead atoms. The van der Waals surface area contributed by atoms with Gasteiger partial charge in [-0.25, -0.2) is 13.1 Å². The van der Waals surface area contributed by atoms with Gasteiger partial charge in [-0.2, -0.15) is 0 Å². The first kappa shape index (κ1) is 17.7. The summed E-state index contributed by atoms with van der Waals surface area (Å²) in [5.74, 6) is 0.572. The van der Waals surface area contributed by atoms with Crippen LogP contribution in [0.15, 0.2) is 23.1 Å². The third-order valence-corrected chi connectivity index (χ3v) is 5.53. The summed E-state index contributed by atoms with van der Waals surface area (Å²) in [6.07, 6.45) is 1.99. The minimum Gasteiger partial charge on any atom is -0.316 e. The van der Waals surface area contributed by atoms with Gasteiger partial charge in [-0.05, 0) is 56.5 Å². The summed E-state index contributed by atoms with van der Waals surface area (Å²) in [5.41, 5.74) is 0.596. The Labute approximate surface area is 131 Å². The Balaban J connectivity index is 0.00000200. The maximum Gasteiger partial charge on any atom is 0.240 e. The van der Waals surface area contributed by atoms with Gasteiger partial charge in [0.1, 0.15) is 0 Å². The van der Waals surface area contributed by atoms with Crippen LogP contribution < -0.4 is 10.0 Å². The van der Waals surface area contributed by atoms with E-state index in [9.17, 15) is 8.42 Å². The molecule has 114 valence electrons. The van der Waals surface area contributed by atoms with E-state index in [0.717, 1.165) is 25.9 Å². The zero-order valence-corrected chi connectivity index (χ0v) is 13.7. The van der Waals surface area contributed by atoms with Crippen molar-refractivity contribution in [2.24, 2.45) is 5.92 Å². The fraction of sp³-hybridized carbons (Fsp3) is 0.538.